The summed E-state index contributed by atoms with van der Waals surface area (Å²) in [7, 11) is 1.66. The molecule has 1 aliphatic carbocycles. The van der Waals surface area contributed by atoms with Gasteiger partial charge in [-0.1, -0.05) is 68.7 Å². The Balaban J connectivity index is 1.23. The first-order valence-electron chi connectivity index (χ1n) is 15.4. The highest BCUT2D eigenvalue weighted by Crippen LogP contribution is 2.35. The summed E-state index contributed by atoms with van der Waals surface area (Å²) in [6, 6.07) is 18.5. The van der Waals surface area contributed by atoms with Crippen molar-refractivity contribution in [2.45, 2.75) is 83.7 Å². The maximum absolute atomic E-state index is 13.0. The Labute approximate surface area is 241 Å². The molecule has 0 bridgehead atoms. The van der Waals surface area contributed by atoms with Crippen LogP contribution in [0.25, 0.3) is 0 Å². The van der Waals surface area contributed by atoms with Gasteiger partial charge in [-0.05, 0) is 86.2 Å². The van der Waals surface area contributed by atoms with Crippen molar-refractivity contribution in [1.29, 1.82) is 0 Å². The molecule has 2 fully saturated rings. The Morgan fingerprint density at radius 2 is 1.77 bits per heavy atom. The Morgan fingerprint density at radius 1 is 1.07 bits per heavy atom. The van der Waals surface area contributed by atoms with E-state index >= 15 is 0 Å². The minimum absolute atomic E-state index is 0.0599. The number of hydrogen-bond acceptors (Lipinski definition) is 4. The molecular formula is C34H49N3O3. The lowest BCUT2D eigenvalue weighted by Crippen LogP contribution is -2.41. The number of ether oxygens (including phenoxy) is 1. The lowest BCUT2D eigenvalue weighted by atomic mass is 9.77. The Morgan fingerprint density at radius 3 is 2.42 bits per heavy atom. The fraction of sp³-hybridized carbons (Fsp3) is 0.588. The molecule has 1 saturated carbocycles. The van der Waals surface area contributed by atoms with Gasteiger partial charge in [0.15, 0.2) is 0 Å². The molecule has 2 aliphatic rings. The normalized spacial score (nSPS) is 18.6. The summed E-state index contributed by atoms with van der Waals surface area (Å²) in [4.78, 5) is 29.2. The molecule has 40 heavy (non-hydrogen) atoms. The van der Waals surface area contributed by atoms with Crippen LogP contribution in [-0.4, -0.2) is 55.4 Å². The van der Waals surface area contributed by atoms with E-state index in [0.717, 1.165) is 69.6 Å². The van der Waals surface area contributed by atoms with Gasteiger partial charge in [-0.25, -0.2) is 0 Å². The molecule has 2 aromatic rings. The van der Waals surface area contributed by atoms with Crippen LogP contribution in [0.15, 0.2) is 54.6 Å². The van der Waals surface area contributed by atoms with Gasteiger partial charge in [0.05, 0.1) is 13.2 Å². The predicted molar refractivity (Wildman–Crippen MR) is 161 cm³/mol. The van der Waals surface area contributed by atoms with E-state index < -0.39 is 0 Å². The molecule has 1 heterocycles. The first-order valence-corrected chi connectivity index (χ1v) is 15.4. The van der Waals surface area contributed by atoms with E-state index in [1.165, 1.54) is 37.7 Å². The van der Waals surface area contributed by atoms with E-state index in [-0.39, 0.29) is 17.4 Å². The summed E-state index contributed by atoms with van der Waals surface area (Å²) >= 11 is 0. The van der Waals surface area contributed by atoms with Crippen molar-refractivity contribution in [3.05, 3.63) is 65.7 Å². The molecule has 1 saturated heterocycles. The van der Waals surface area contributed by atoms with Crippen molar-refractivity contribution >= 4 is 12.3 Å². The number of nitrogens with zero attached hydrogens (tertiary/aromatic N) is 2. The van der Waals surface area contributed by atoms with Crippen LogP contribution < -0.4 is 10.1 Å². The third kappa shape index (κ3) is 9.36. The van der Waals surface area contributed by atoms with Crippen LogP contribution in [0.3, 0.4) is 0 Å². The van der Waals surface area contributed by atoms with Gasteiger partial charge in [-0.15, -0.1) is 0 Å². The highest BCUT2D eigenvalue weighted by Gasteiger charge is 2.31. The van der Waals surface area contributed by atoms with Crippen LogP contribution in [0.1, 0.15) is 88.3 Å². The number of methoxy groups -OCH3 is 1. The Bertz CT molecular complexity index is 1030. The largest absolute Gasteiger partial charge is 0.497 e. The van der Waals surface area contributed by atoms with Crippen molar-refractivity contribution in [2.24, 2.45) is 11.3 Å². The molecule has 0 aromatic heterocycles. The minimum Gasteiger partial charge on any atom is -0.497 e. The van der Waals surface area contributed by atoms with E-state index in [1.807, 2.05) is 35.2 Å². The summed E-state index contributed by atoms with van der Waals surface area (Å²) < 4.78 is 5.24. The quantitative estimate of drug-likeness (QED) is 0.280. The molecule has 1 aliphatic heterocycles. The number of hydrogen-bond donors (Lipinski definition) is 1. The van der Waals surface area contributed by atoms with Crippen LogP contribution >= 0.6 is 0 Å². The predicted octanol–water partition coefficient (Wildman–Crippen LogP) is 6.36. The van der Waals surface area contributed by atoms with Crippen molar-refractivity contribution in [3.8, 4) is 5.75 Å². The monoisotopic (exact) mass is 547 g/mol. The lowest BCUT2D eigenvalue weighted by Gasteiger charge is -2.40. The second-order valence-electron chi connectivity index (χ2n) is 12.4. The van der Waals surface area contributed by atoms with E-state index in [9.17, 15) is 9.59 Å². The smallest absolute Gasteiger partial charge is 0.220 e. The number of benzene rings is 2. The maximum Gasteiger partial charge on any atom is 0.220 e. The van der Waals surface area contributed by atoms with E-state index in [1.54, 1.807) is 7.11 Å². The first kappa shape index (κ1) is 30.1. The van der Waals surface area contributed by atoms with Gasteiger partial charge in [0.25, 0.3) is 0 Å². The zero-order chi connectivity index (χ0) is 28.2. The number of rotatable bonds is 14. The number of piperidine rings is 1. The zero-order valence-corrected chi connectivity index (χ0v) is 24.7. The number of carbonyl (C=O) groups is 2. The van der Waals surface area contributed by atoms with Crippen molar-refractivity contribution in [1.82, 2.24) is 15.1 Å². The molecule has 6 nitrogen and oxygen atoms in total. The molecule has 6 heteroatoms. The Hall–Kier alpha value is -2.86. The van der Waals surface area contributed by atoms with Gasteiger partial charge in [0.1, 0.15) is 5.75 Å². The maximum atomic E-state index is 13.0. The highest BCUT2D eigenvalue weighted by molar-refractivity contribution is 5.76. The number of carbonyl (C=O) groups excluding carboxylic acids is 2. The molecule has 2 amide bonds. The molecular weight excluding hydrogens is 498 g/mol. The van der Waals surface area contributed by atoms with Gasteiger partial charge in [-0.2, -0.15) is 0 Å². The Kier molecular flexibility index (Phi) is 11.5. The van der Waals surface area contributed by atoms with Crippen molar-refractivity contribution in [3.63, 3.8) is 0 Å². The zero-order valence-electron chi connectivity index (χ0n) is 24.7. The summed E-state index contributed by atoms with van der Waals surface area (Å²) in [5.74, 6) is 1.59. The summed E-state index contributed by atoms with van der Waals surface area (Å²) in [6.07, 6.45) is 12.1. The average Bonchev–Trinajstić information content (AvgIpc) is 2.99. The molecule has 1 atom stereocenters. The van der Waals surface area contributed by atoms with Crippen LogP contribution in [0, 0.1) is 11.3 Å². The van der Waals surface area contributed by atoms with Crippen LogP contribution in [-0.2, 0) is 16.1 Å². The molecule has 4 rings (SSSR count). The first-order chi connectivity index (χ1) is 19.5. The van der Waals surface area contributed by atoms with Crippen molar-refractivity contribution < 1.29 is 14.3 Å². The third-order valence-corrected chi connectivity index (χ3v) is 9.23. The van der Waals surface area contributed by atoms with Crippen LogP contribution in [0.5, 0.6) is 5.75 Å². The molecule has 1 unspecified atom stereocenters. The van der Waals surface area contributed by atoms with E-state index in [4.69, 9.17) is 4.74 Å². The van der Waals surface area contributed by atoms with Gasteiger partial charge in [0.2, 0.25) is 12.3 Å². The summed E-state index contributed by atoms with van der Waals surface area (Å²) in [6.45, 7) is 6.88. The second-order valence-corrected chi connectivity index (χ2v) is 12.4. The van der Waals surface area contributed by atoms with Crippen LogP contribution in [0.2, 0.25) is 0 Å². The highest BCUT2D eigenvalue weighted by atomic mass is 16.5. The molecule has 1 N–H and O–H groups in total. The summed E-state index contributed by atoms with van der Waals surface area (Å²) in [5.41, 5.74) is 2.56. The minimum atomic E-state index is 0.0599. The van der Waals surface area contributed by atoms with Gasteiger partial charge >= 0.3 is 0 Å². The van der Waals surface area contributed by atoms with Gasteiger partial charge < -0.3 is 19.9 Å². The van der Waals surface area contributed by atoms with Gasteiger partial charge in [-0.3, -0.25) is 9.59 Å². The SMILES string of the molecule is COc1ccc(CN(C=O)CCC2(C)CCN(CCC(NC(=O)CC3CCCCC3)c3ccccc3)CC2)cc1. The molecule has 0 radical (unpaired) electrons. The molecule has 218 valence electrons. The van der Waals surface area contributed by atoms with E-state index in [0.29, 0.717) is 18.9 Å². The summed E-state index contributed by atoms with van der Waals surface area (Å²) in [5, 5.41) is 3.39. The lowest BCUT2D eigenvalue weighted by molar-refractivity contribution is -0.123. The third-order valence-electron chi connectivity index (χ3n) is 9.23. The fourth-order valence-electron chi connectivity index (χ4n) is 6.34. The molecule has 2 aromatic carbocycles. The second kappa shape index (κ2) is 15.2. The number of likely N-dealkylation sites (tertiary alicyclic amines) is 1. The average molecular weight is 548 g/mol. The van der Waals surface area contributed by atoms with Gasteiger partial charge in [0, 0.05) is 26.1 Å². The topological polar surface area (TPSA) is 61.9 Å². The van der Waals surface area contributed by atoms with E-state index in [2.05, 4.69) is 41.4 Å². The molecule has 0 spiro atoms. The standard InChI is InChI=1S/C34H49N3O3/c1-34(20-24-37(27-38)26-29-13-15-31(40-2)16-14-29)18-22-36(23-19-34)21-17-32(30-11-7-4-8-12-30)35-33(39)25-28-9-5-3-6-10-28/h4,7-8,11-16,27-28,32H,3,5-6,9-10,17-26H2,1-2H3,(H,35,39). The van der Waals surface area contributed by atoms with Crippen molar-refractivity contribution in [2.75, 3.05) is 33.3 Å². The number of nitrogens with one attached hydrogen (secondary N) is 1. The number of amides is 2. The fourth-order valence-corrected chi connectivity index (χ4v) is 6.34. The van der Waals surface area contributed by atoms with Crippen LogP contribution in [0.4, 0.5) is 0 Å².